The Morgan fingerprint density at radius 3 is 2.84 bits per heavy atom. The molecule has 1 heterocycles. The smallest absolute Gasteiger partial charge is 0.128 e. The molecular formula is C15H17FN2O. The first-order valence-corrected chi connectivity index (χ1v) is 6.23. The molecule has 0 aliphatic heterocycles. The average Bonchev–Trinajstić information content (AvgIpc) is 2.47. The number of hydrogen-bond acceptors (Lipinski definition) is 3. The van der Waals surface area contributed by atoms with Crippen LogP contribution in [0.2, 0.25) is 0 Å². The number of rotatable bonds is 5. The maximum atomic E-state index is 13.2. The Balaban J connectivity index is 1.99. The molecule has 0 fully saturated rings. The van der Waals surface area contributed by atoms with Crippen molar-refractivity contribution >= 4 is 0 Å². The Morgan fingerprint density at radius 2 is 2.16 bits per heavy atom. The Labute approximate surface area is 112 Å². The monoisotopic (exact) mass is 260 g/mol. The van der Waals surface area contributed by atoms with Crippen molar-refractivity contribution in [2.45, 2.75) is 26.1 Å². The first-order valence-electron chi connectivity index (χ1n) is 6.23. The van der Waals surface area contributed by atoms with Crippen LogP contribution in [-0.4, -0.2) is 10.1 Å². The third-order valence-electron chi connectivity index (χ3n) is 3.02. The van der Waals surface area contributed by atoms with Gasteiger partial charge in [0, 0.05) is 24.3 Å². The van der Waals surface area contributed by atoms with E-state index in [9.17, 15) is 4.39 Å². The van der Waals surface area contributed by atoms with E-state index < -0.39 is 0 Å². The summed E-state index contributed by atoms with van der Waals surface area (Å²) in [5.41, 5.74) is 2.23. The number of pyridine rings is 1. The summed E-state index contributed by atoms with van der Waals surface area (Å²) in [6.07, 6.45) is 1.76. The molecule has 2 aromatic rings. The van der Waals surface area contributed by atoms with Crippen molar-refractivity contribution in [3.8, 4) is 0 Å². The van der Waals surface area contributed by atoms with Gasteiger partial charge in [0.2, 0.25) is 0 Å². The summed E-state index contributed by atoms with van der Waals surface area (Å²) in [6, 6.07) is 10.7. The summed E-state index contributed by atoms with van der Waals surface area (Å²) >= 11 is 0. The van der Waals surface area contributed by atoms with Gasteiger partial charge < -0.3 is 10.4 Å². The average molecular weight is 260 g/mol. The van der Waals surface area contributed by atoms with Crippen LogP contribution in [0, 0.1) is 5.82 Å². The summed E-state index contributed by atoms with van der Waals surface area (Å²) in [6.45, 7) is 2.35. The fourth-order valence-electron chi connectivity index (χ4n) is 1.87. The van der Waals surface area contributed by atoms with Crippen molar-refractivity contribution in [2.75, 3.05) is 0 Å². The van der Waals surface area contributed by atoms with E-state index in [0.717, 1.165) is 11.3 Å². The molecule has 0 aliphatic rings. The van der Waals surface area contributed by atoms with Crippen LogP contribution in [0.1, 0.15) is 29.8 Å². The molecule has 2 N–H and O–H groups in total. The second kappa shape index (κ2) is 6.41. The first-order chi connectivity index (χ1) is 9.20. The third kappa shape index (κ3) is 3.59. The summed E-state index contributed by atoms with van der Waals surface area (Å²) in [5.74, 6) is -0.371. The van der Waals surface area contributed by atoms with Crippen molar-refractivity contribution in [1.82, 2.24) is 10.3 Å². The highest BCUT2D eigenvalue weighted by molar-refractivity contribution is 5.24. The number of halogens is 1. The van der Waals surface area contributed by atoms with E-state index >= 15 is 0 Å². The van der Waals surface area contributed by atoms with Crippen LogP contribution < -0.4 is 5.32 Å². The fourth-order valence-corrected chi connectivity index (χ4v) is 1.87. The second-order valence-electron chi connectivity index (χ2n) is 4.44. The lowest BCUT2D eigenvalue weighted by atomic mass is 10.1. The topological polar surface area (TPSA) is 45.1 Å². The van der Waals surface area contributed by atoms with E-state index in [1.165, 1.54) is 6.07 Å². The van der Waals surface area contributed by atoms with Crippen molar-refractivity contribution in [3.05, 3.63) is 65.2 Å². The van der Waals surface area contributed by atoms with Gasteiger partial charge in [-0.2, -0.15) is 0 Å². The standard InChI is InChI=1S/C15H17FN2O/c1-11(15-4-2-3-7-17-15)18-9-12-5-6-14(16)13(8-12)10-19/h2-8,11,18-19H,9-10H2,1H3. The number of nitrogens with zero attached hydrogens (tertiary/aromatic N) is 1. The predicted octanol–water partition coefficient (Wildman–Crippen LogP) is 2.56. The van der Waals surface area contributed by atoms with Crippen LogP contribution in [0.5, 0.6) is 0 Å². The highest BCUT2D eigenvalue weighted by Crippen LogP contribution is 2.13. The molecular weight excluding hydrogens is 243 g/mol. The van der Waals surface area contributed by atoms with Crippen LogP contribution in [0.15, 0.2) is 42.6 Å². The molecule has 0 bridgehead atoms. The summed E-state index contributed by atoms with van der Waals surface area (Å²) in [7, 11) is 0. The molecule has 2 rings (SSSR count). The van der Waals surface area contributed by atoms with Gasteiger partial charge in [-0.25, -0.2) is 4.39 Å². The zero-order valence-electron chi connectivity index (χ0n) is 10.8. The maximum Gasteiger partial charge on any atom is 0.128 e. The minimum atomic E-state index is -0.371. The van der Waals surface area contributed by atoms with Crippen molar-refractivity contribution in [1.29, 1.82) is 0 Å². The minimum absolute atomic E-state index is 0.115. The van der Waals surface area contributed by atoms with Gasteiger partial charge in [-0.3, -0.25) is 4.98 Å². The van der Waals surface area contributed by atoms with Gasteiger partial charge >= 0.3 is 0 Å². The lowest BCUT2D eigenvalue weighted by Gasteiger charge is -2.13. The third-order valence-corrected chi connectivity index (χ3v) is 3.02. The van der Waals surface area contributed by atoms with Gasteiger partial charge in [0.1, 0.15) is 5.82 Å². The number of aliphatic hydroxyl groups excluding tert-OH is 1. The van der Waals surface area contributed by atoms with Gasteiger partial charge in [0.15, 0.2) is 0 Å². The highest BCUT2D eigenvalue weighted by atomic mass is 19.1. The fraction of sp³-hybridized carbons (Fsp3) is 0.267. The highest BCUT2D eigenvalue weighted by Gasteiger charge is 2.07. The van der Waals surface area contributed by atoms with Gasteiger partial charge in [0.25, 0.3) is 0 Å². The minimum Gasteiger partial charge on any atom is -0.392 e. The van der Waals surface area contributed by atoms with Crippen LogP contribution in [0.25, 0.3) is 0 Å². The molecule has 1 atom stereocenters. The Bertz CT molecular complexity index is 531. The maximum absolute atomic E-state index is 13.2. The van der Waals surface area contributed by atoms with E-state index in [0.29, 0.717) is 12.1 Å². The van der Waals surface area contributed by atoms with Crippen LogP contribution >= 0.6 is 0 Å². The van der Waals surface area contributed by atoms with E-state index in [1.54, 1.807) is 18.3 Å². The molecule has 0 saturated heterocycles. The number of aliphatic hydroxyl groups is 1. The second-order valence-corrected chi connectivity index (χ2v) is 4.44. The van der Waals surface area contributed by atoms with Crippen LogP contribution in [0.3, 0.4) is 0 Å². The molecule has 100 valence electrons. The predicted molar refractivity (Wildman–Crippen MR) is 71.8 cm³/mol. The van der Waals surface area contributed by atoms with E-state index in [-0.39, 0.29) is 18.5 Å². The molecule has 1 aromatic carbocycles. The molecule has 0 aliphatic carbocycles. The Kier molecular flexibility index (Phi) is 4.60. The van der Waals surface area contributed by atoms with Gasteiger partial charge in [-0.1, -0.05) is 12.1 Å². The quantitative estimate of drug-likeness (QED) is 0.868. The van der Waals surface area contributed by atoms with Gasteiger partial charge in [0.05, 0.1) is 12.3 Å². The summed E-state index contributed by atoms with van der Waals surface area (Å²) < 4.78 is 13.2. The molecule has 1 unspecified atom stereocenters. The lowest BCUT2D eigenvalue weighted by Crippen LogP contribution is -2.19. The Morgan fingerprint density at radius 1 is 1.32 bits per heavy atom. The molecule has 3 nitrogen and oxygen atoms in total. The SMILES string of the molecule is CC(NCc1ccc(F)c(CO)c1)c1ccccn1. The zero-order valence-corrected chi connectivity index (χ0v) is 10.8. The number of aromatic nitrogens is 1. The van der Waals surface area contributed by atoms with Gasteiger partial charge in [-0.15, -0.1) is 0 Å². The first kappa shape index (κ1) is 13.6. The Hall–Kier alpha value is -1.78. The van der Waals surface area contributed by atoms with E-state index in [4.69, 9.17) is 5.11 Å². The lowest BCUT2D eigenvalue weighted by molar-refractivity contribution is 0.275. The zero-order chi connectivity index (χ0) is 13.7. The van der Waals surface area contributed by atoms with Crippen LogP contribution in [0.4, 0.5) is 4.39 Å². The van der Waals surface area contributed by atoms with Crippen molar-refractivity contribution in [3.63, 3.8) is 0 Å². The molecule has 0 saturated carbocycles. The van der Waals surface area contributed by atoms with Crippen molar-refractivity contribution < 1.29 is 9.50 Å². The number of hydrogen-bond donors (Lipinski definition) is 2. The summed E-state index contributed by atoms with van der Waals surface area (Å²) in [5, 5.41) is 12.3. The molecule has 19 heavy (non-hydrogen) atoms. The largest absolute Gasteiger partial charge is 0.392 e. The molecule has 0 amide bonds. The van der Waals surface area contributed by atoms with Crippen LogP contribution in [-0.2, 0) is 13.2 Å². The van der Waals surface area contributed by atoms with Crippen molar-refractivity contribution in [2.24, 2.45) is 0 Å². The summed E-state index contributed by atoms with van der Waals surface area (Å²) in [4.78, 5) is 4.28. The molecule has 1 aromatic heterocycles. The molecule has 4 heteroatoms. The number of nitrogens with one attached hydrogen (secondary N) is 1. The normalized spacial score (nSPS) is 12.4. The number of benzene rings is 1. The van der Waals surface area contributed by atoms with E-state index in [2.05, 4.69) is 10.3 Å². The van der Waals surface area contributed by atoms with E-state index in [1.807, 2.05) is 25.1 Å². The molecule has 0 radical (unpaired) electrons. The van der Waals surface area contributed by atoms with Gasteiger partial charge in [-0.05, 0) is 36.8 Å². The molecule has 0 spiro atoms.